The smallest absolute Gasteiger partial charge is 0.0641 e. The summed E-state index contributed by atoms with van der Waals surface area (Å²) in [6.45, 7) is 16.6. The van der Waals surface area contributed by atoms with Crippen LogP contribution < -0.4 is 4.90 Å². The van der Waals surface area contributed by atoms with E-state index in [-0.39, 0.29) is 0 Å². The molecule has 6 heteroatoms. The molecular formula is C24H36ClN5. The average Bonchev–Trinajstić information content (AvgIpc) is 3.03. The number of benzene rings is 1. The molecule has 0 bridgehead atoms. The fourth-order valence-electron chi connectivity index (χ4n) is 5.14. The molecule has 0 saturated carbocycles. The van der Waals surface area contributed by atoms with Crippen molar-refractivity contribution >= 4 is 17.3 Å². The van der Waals surface area contributed by atoms with Gasteiger partial charge in [-0.25, -0.2) is 0 Å². The molecule has 0 aliphatic carbocycles. The maximum Gasteiger partial charge on any atom is 0.0641 e. The lowest BCUT2D eigenvalue weighted by atomic mass is 10.0. The number of nitrogens with zero attached hydrogens (tertiary/aromatic N) is 5. The Balaban J connectivity index is 1.35. The molecule has 2 aliphatic heterocycles. The lowest BCUT2D eigenvalue weighted by Crippen LogP contribution is -2.55. The first kappa shape index (κ1) is 21.7. The van der Waals surface area contributed by atoms with Gasteiger partial charge in [0.15, 0.2) is 0 Å². The molecule has 5 nitrogen and oxygen atoms in total. The van der Waals surface area contributed by atoms with Crippen LogP contribution in [0.3, 0.4) is 0 Å². The second kappa shape index (κ2) is 9.29. The Morgan fingerprint density at radius 1 is 1.10 bits per heavy atom. The lowest BCUT2D eigenvalue weighted by Gasteiger charge is -2.44. The first-order valence-corrected chi connectivity index (χ1v) is 11.8. The lowest BCUT2D eigenvalue weighted by molar-refractivity contribution is 0.0885. The Hall–Kier alpha value is -1.56. The Morgan fingerprint density at radius 2 is 1.87 bits per heavy atom. The van der Waals surface area contributed by atoms with Gasteiger partial charge in [-0.05, 0) is 65.3 Å². The summed E-state index contributed by atoms with van der Waals surface area (Å²) in [5, 5.41) is 5.62. The van der Waals surface area contributed by atoms with Gasteiger partial charge >= 0.3 is 0 Å². The van der Waals surface area contributed by atoms with E-state index in [4.69, 9.17) is 16.7 Å². The van der Waals surface area contributed by atoms with E-state index in [0.717, 1.165) is 37.7 Å². The van der Waals surface area contributed by atoms with Crippen molar-refractivity contribution in [1.29, 1.82) is 0 Å². The zero-order valence-electron chi connectivity index (χ0n) is 18.9. The maximum atomic E-state index is 6.19. The van der Waals surface area contributed by atoms with Crippen LogP contribution in [0.25, 0.3) is 0 Å². The molecule has 0 radical (unpaired) electrons. The van der Waals surface area contributed by atoms with Crippen molar-refractivity contribution in [2.24, 2.45) is 0 Å². The summed E-state index contributed by atoms with van der Waals surface area (Å²) in [5.74, 6) is 0. The highest BCUT2D eigenvalue weighted by atomic mass is 35.5. The zero-order valence-corrected chi connectivity index (χ0v) is 19.7. The van der Waals surface area contributed by atoms with Crippen LogP contribution in [0.4, 0.5) is 5.69 Å². The third-order valence-corrected chi connectivity index (χ3v) is 7.07. The molecule has 164 valence electrons. The van der Waals surface area contributed by atoms with Crippen molar-refractivity contribution < 1.29 is 0 Å². The van der Waals surface area contributed by atoms with Crippen molar-refractivity contribution in [3.05, 3.63) is 46.2 Å². The van der Waals surface area contributed by atoms with Crippen LogP contribution in [0.15, 0.2) is 24.3 Å². The van der Waals surface area contributed by atoms with Crippen molar-refractivity contribution in [3.8, 4) is 0 Å². The predicted molar refractivity (Wildman–Crippen MR) is 126 cm³/mol. The summed E-state index contributed by atoms with van der Waals surface area (Å²) >= 11 is 6.19. The quantitative estimate of drug-likeness (QED) is 0.698. The van der Waals surface area contributed by atoms with E-state index >= 15 is 0 Å². The number of likely N-dealkylation sites (tertiary alicyclic amines) is 1. The molecule has 0 unspecified atom stereocenters. The Labute approximate surface area is 186 Å². The van der Waals surface area contributed by atoms with Crippen LogP contribution in [0.2, 0.25) is 5.02 Å². The molecule has 0 N–H and O–H groups in total. The van der Waals surface area contributed by atoms with Gasteiger partial charge < -0.3 is 4.90 Å². The summed E-state index contributed by atoms with van der Waals surface area (Å²) in [4.78, 5) is 7.83. The molecule has 1 aromatic heterocycles. The molecule has 2 aliphatic rings. The van der Waals surface area contributed by atoms with Crippen molar-refractivity contribution in [2.45, 2.75) is 59.2 Å². The summed E-state index contributed by atoms with van der Waals surface area (Å²) in [5.41, 5.74) is 5.20. The number of aromatic nitrogens is 2. The molecule has 1 atom stereocenters. The van der Waals surface area contributed by atoms with Crippen LogP contribution >= 0.6 is 11.6 Å². The molecule has 1 aromatic carbocycles. The molecule has 2 saturated heterocycles. The minimum absolute atomic E-state index is 0.419. The van der Waals surface area contributed by atoms with E-state index in [1.807, 2.05) is 6.07 Å². The van der Waals surface area contributed by atoms with E-state index < -0.39 is 0 Å². The Morgan fingerprint density at radius 3 is 2.53 bits per heavy atom. The first-order chi connectivity index (χ1) is 14.4. The Kier molecular flexibility index (Phi) is 6.71. The third kappa shape index (κ3) is 4.68. The van der Waals surface area contributed by atoms with Gasteiger partial charge in [0.1, 0.15) is 0 Å². The van der Waals surface area contributed by atoms with Crippen LogP contribution in [-0.2, 0) is 6.54 Å². The minimum atomic E-state index is 0.419. The molecule has 2 aromatic rings. The van der Waals surface area contributed by atoms with Crippen molar-refractivity contribution in [1.82, 2.24) is 19.6 Å². The number of rotatable bonds is 5. The monoisotopic (exact) mass is 429 g/mol. The van der Waals surface area contributed by atoms with Gasteiger partial charge in [-0.3, -0.25) is 14.5 Å². The van der Waals surface area contributed by atoms with E-state index in [2.05, 4.69) is 65.3 Å². The van der Waals surface area contributed by atoms with Crippen molar-refractivity contribution in [2.75, 3.05) is 44.2 Å². The summed E-state index contributed by atoms with van der Waals surface area (Å²) in [6.07, 6.45) is 2.60. The van der Waals surface area contributed by atoms with E-state index in [9.17, 15) is 0 Å². The zero-order chi connectivity index (χ0) is 21.3. The van der Waals surface area contributed by atoms with Crippen LogP contribution in [0, 0.1) is 13.8 Å². The second-order valence-electron chi connectivity index (χ2n) is 9.22. The van der Waals surface area contributed by atoms with Crippen LogP contribution in [0.5, 0.6) is 0 Å². The van der Waals surface area contributed by atoms with Gasteiger partial charge in [0.2, 0.25) is 0 Å². The van der Waals surface area contributed by atoms with Gasteiger partial charge in [-0.2, -0.15) is 5.10 Å². The number of hydrogen-bond donors (Lipinski definition) is 0. The molecule has 4 rings (SSSR count). The topological polar surface area (TPSA) is 27.5 Å². The molecule has 0 amide bonds. The van der Waals surface area contributed by atoms with Gasteiger partial charge in [-0.1, -0.05) is 17.7 Å². The SMILES string of the molecule is Cc1nn(C(C)C)c(C)c1CN1CCC[C@@H](N2CCN(c3cccc(Cl)c3)CC2)C1. The molecule has 3 heterocycles. The normalized spacial score (nSPS) is 21.5. The van der Waals surface area contributed by atoms with Gasteiger partial charge in [0.25, 0.3) is 0 Å². The van der Waals surface area contributed by atoms with E-state index in [1.165, 1.54) is 48.6 Å². The Bertz CT molecular complexity index is 853. The predicted octanol–water partition coefficient (Wildman–Crippen LogP) is 4.52. The number of aryl methyl sites for hydroxylation is 1. The fraction of sp³-hybridized carbons (Fsp3) is 0.625. The maximum absolute atomic E-state index is 6.19. The van der Waals surface area contributed by atoms with E-state index in [0.29, 0.717) is 12.1 Å². The molecule has 2 fully saturated rings. The summed E-state index contributed by atoms with van der Waals surface area (Å²) in [7, 11) is 0. The third-order valence-electron chi connectivity index (χ3n) is 6.83. The van der Waals surface area contributed by atoms with E-state index in [1.54, 1.807) is 0 Å². The first-order valence-electron chi connectivity index (χ1n) is 11.4. The second-order valence-corrected chi connectivity index (χ2v) is 9.66. The highest BCUT2D eigenvalue weighted by Crippen LogP contribution is 2.25. The highest BCUT2D eigenvalue weighted by Gasteiger charge is 2.29. The molecule has 30 heavy (non-hydrogen) atoms. The number of piperazine rings is 1. The van der Waals surface area contributed by atoms with Gasteiger partial charge in [0, 0.05) is 73.3 Å². The summed E-state index contributed by atoms with van der Waals surface area (Å²) in [6, 6.07) is 9.34. The van der Waals surface area contributed by atoms with Crippen LogP contribution in [-0.4, -0.2) is 64.9 Å². The number of piperidine rings is 1. The average molecular weight is 430 g/mol. The highest BCUT2D eigenvalue weighted by molar-refractivity contribution is 6.30. The number of hydrogen-bond acceptors (Lipinski definition) is 4. The van der Waals surface area contributed by atoms with Gasteiger partial charge in [0.05, 0.1) is 5.69 Å². The standard InChI is InChI=1S/C24H36ClN5/c1-18(2)30-20(4)24(19(3)26-30)17-27-10-6-9-23(16-27)29-13-11-28(12-14-29)22-8-5-7-21(25)15-22/h5,7-8,15,18,23H,6,9-14,16-17H2,1-4H3/t23-/m1/s1. The number of anilines is 1. The molecular weight excluding hydrogens is 394 g/mol. The largest absolute Gasteiger partial charge is 0.369 e. The van der Waals surface area contributed by atoms with Crippen molar-refractivity contribution in [3.63, 3.8) is 0 Å². The fourth-order valence-corrected chi connectivity index (χ4v) is 5.33. The molecule has 0 spiro atoms. The minimum Gasteiger partial charge on any atom is -0.369 e. The summed E-state index contributed by atoms with van der Waals surface area (Å²) < 4.78 is 2.18. The number of halogens is 1. The van der Waals surface area contributed by atoms with Gasteiger partial charge in [-0.15, -0.1) is 0 Å². The van der Waals surface area contributed by atoms with Crippen LogP contribution in [0.1, 0.15) is 49.7 Å².